The van der Waals surface area contributed by atoms with Crippen LogP contribution in [0.2, 0.25) is 0 Å². The van der Waals surface area contributed by atoms with Crippen LogP contribution in [0.1, 0.15) is 56.5 Å². The standard InChI is InChI=1S/C14H23N3/c1-2-11-4-3-5-12(8-11)17-10-16-13-9-15-7-6-14(13)17/h10-12,15H,2-9H2,1H3. The lowest BCUT2D eigenvalue weighted by molar-refractivity contribution is 0.257. The molecule has 0 bridgehead atoms. The lowest BCUT2D eigenvalue weighted by Crippen LogP contribution is -2.27. The van der Waals surface area contributed by atoms with E-state index in [1.807, 2.05) is 0 Å². The highest BCUT2D eigenvalue weighted by atomic mass is 15.1. The number of aromatic nitrogens is 2. The summed E-state index contributed by atoms with van der Waals surface area (Å²) in [7, 11) is 0. The molecule has 2 heterocycles. The summed E-state index contributed by atoms with van der Waals surface area (Å²) < 4.78 is 2.50. The first-order chi connectivity index (χ1) is 8.38. The van der Waals surface area contributed by atoms with Crippen LogP contribution >= 0.6 is 0 Å². The Bertz CT molecular complexity index is 383. The molecule has 2 unspecified atom stereocenters. The van der Waals surface area contributed by atoms with Crippen LogP contribution in [0.3, 0.4) is 0 Å². The van der Waals surface area contributed by atoms with Gasteiger partial charge < -0.3 is 9.88 Å². The highest BCUT2D eigenvalue weighted by Gasteiger charge is 2.25. The minimum Gasteiger partial charge on any atom is -0.331 e. The molecule has 3 heteroatoms. The van der Waals surface area contributed by atoms with Gasteiger partial charge in [-0.25, -0.2) is 4.98 Å². The number of nitrogens with zero attached hydrogens (tertiary/aromatic N) is 2. The van der Waals surface area contributed by atoms with Crippen LogP contribution in [-0.4, -0.2) is 16.1 Å². The summed E-state index contributed by atoms with van der Waals surface area (Å²) in [5, 5.41) is 3.40. The summed E-state index contributed by atoms with van der Waals surface area (Å²) >= 11 is 0. The van der Waals surface area contributed by atoms with E-state index in [1.165, 1.54) is 43.5 Å². The third-order valence-electron chi connectivity index (χ3n) is 4.54. The summed E-state index contributed by atoms with van der Waals surface area (Å²) in [5.74, 6) is 0.938. The molecule has 0 amide bonds. The number of imidazole rings is 1. The van der Waals surface area contributed by atoms with E-state index in [-0.39, 0.29) is 0 Å². The number of fused-ring (bicyclic) bond motifs is 1. The van der Waals surface area contributed by atoms with Gasteiger partial charge in [0.2, 0.25) is 0 Å². The van der Waals surface area contributed by atoms with Crippen molar-refractivity contribution in [2.24, 2.45) is 5.92 Å². The van der Waals surface area contributed by atoms with Crippen molar-refractivity contribution in [3.05, 3.63) is 17.7 Å². The molecule has 1 aliphatic carbocycles. The maximum atomic E-state index is 4.58. The number of hydrogen-bond donors (Lipinski definition) is 1. The topological polar surface area (TPSA) is 29.9 Å². The average molecular weight is 233 g/mol. The van der Waals surface area contributed by atoms with Crippen LogP contribution in [-0.2, 0) is 13.0 Å². The number of hydrogen-bond acceptors (Lipinski definition) is 2. The fraction of sp³-hybridized carbons (Fsp3) is 0.786. The average Bonchev–Trinajstić information content (AvgIpc) is 2.82. The Hall–Kier alpha value is -0.830. The second-order valence-corrected chi connectivity index (χ2v) is 5.57. The van der Waals surface area contributed by atoms with E-state index in [0.29, 0.717) is 0 Å². The van der Waals surface area contributed by atoms with E-state index >= 15 is 0 Å². The highest BCUT2D eigenvalue weighted by Crippen LogP contribution is 2.35. The minimum absolute atomic E-state index is 0.725. The van der Waals surface area contributed by atoms with E-state index in [9.17, 15) is 0 Å². The molecule has 17 heavy (non-hydrogen) atoms. The Labute approximate surface area is 104 Å². The molecule has 2 atom stereocenters. The number of nitrogens with one attached hydrogen (secondary N) is 1. The molecule has 0 radical (unpaired) electrons. The van der Waals surface area contributed by atoms with E-state index in [4.69, 9.17) is 0 Å². The Morgan fingerprint density at radius 1 is 1.47 bits per heavy atom. The molecule has 1 N–H and O–H groups in total. The Kier molecular flexibility index (Phi) is 3.19. The third-order valence-corrected chi connectivity index (χ3v) is 4.54. The smallest absolute Gasteiger partial charge is 0.0954 e. The predicted molar refractivity (Wildman–Crippen MR) is 68.9 cm³/mol. The molecule has 3 rings (SSSR count). The molecule has 0 spiro atoms. The molecule has 94 valence electrons. The van der Waals surface area contributed by atoms with Crippen LogP contribution in [0.5, 0.6) is 0 Å². The SMILES string of the molecule is CCC1CCCC(n2cnc3c2CCNC3)C1. The third kappa shape index (κ3) is 2.13. The molecular weight excluding hydrogens is 210 g/mol. The van der Waals surface area contributed by atoms with Crippen LogP contribution in [0, 0.1) is 5.92 Å². The van der Waals surface area contributed by atoms with Gasteiger partial charge in [0.15, 0.2) is 0 Å². The van der Waals surface area contributed by atoms with Gasteiger partial charge in [0, 0.05) is 31.2 Å². The van der Waals surface area contributed by atoms with Gasteiger partial charge in [-0.2, -0.15) is 0 Å². The molecule has 1 aromatic heterocycles. The zero-order valence-corrected chi connectivity index (χ0v) is 10.8. The Balaban J connectivity index is 1.81. The van der Waals surface area contributed by atoms with Gasteiger partial charge in [-0.1, -0.05) is 26.2 Å². The maximum Gasteiger partial charge on any atom is 0.0954 e. The van der Waals surface area contributed by atoms with Crippen LogP contribution in [0.15, 0.2) is 6.33 Å². The monoisotopic (exact) mass is 233 g/mol. The van der Waals surface area contributed by atoms with Crippen molar-refractivity contribution >= 4 is 0 Å². The molecule has 0 aromatic carbocycles. The summed E-state index contributed by atoms with van der Waals surface area (Å²) in [5.41, 5.74) is 2.79. The summed E-state index contributed by atoms with van der Waals surface area (Å²) in [6.07, 6.45) is 10.2. The Morgan fingerprint density at radius 2 is 2.41 bits per heavy atom. The van der Waals surface area contributed by atoms with Crippen molar-refractivity contribution in [2.75, 3.05) is 6.54 Å². The van der Waals surface area contributed by atoms with Crippen LogP contribution < -0.4 is 5.32 Å². The van der Waals surface area contributed by atoms with Crippen molar-refractivity contribution < 1.29 is 0 Å². The quantitative estimate of drug-likeness (QED) is 0.851. The first-order valence-electron chi connectivity index (χ1n) is 7.13. The van der Waals surface area contributed by atoms with Crippen molar-refractivity contribution in [1.82, 2.24) is 14.9 Å². The van der Waals surface area contributed by atoms with Gasteiger partial charge in [0.05, 0.1) is 12.0 Å². The van der Waals surface area contributed by atoms with Gasteiger partial charge >= 0.3 is 0 Å². The second kappa shape index (κ2) is 4.81. The van der Waals surface area contributed by atoms with Crippen molar-refractivity contribution in [2.45, 2.75) is 58.0 Å². The van der Waals surface area contributed by atoms with Gasteiger partial charge in [0.25, 0.3) is 0 Å². The molecule has 1 aliphatic heterocycles. The molecule has 3 nitrogen and oxygen atoms in total. The van der Waals surface area contributed by atoms with Crippen LogP contribution in [0.25, 0.3) is 0 Å². The lowest BCUT2D eigenvalue weighted by atomic mass is 9.84. The summed E-state index contributed by atoms with van der Waals surface area (Å²) in [4.78, 5) is 4.58. The largest absolute Gasteiger partial charge is 0.331 e. The maximum absolute atomic E-state index is 4.58. The first-order valence-corrected chi connectivity index (χ1v) is 7.13. The normalized spacial score (nSPS) is 29.0. The Morgan fingerprint density at radius 3 is 3.29 bits per heavy atom. The van der Waals surface area contributed by atoms with E-state index < -0.39 is 0 Å². The molecular formula is C14H23N3. The zero-order valence-electron chi connectivity index (χ0n) is 10.8. The molecule has 2 aliphatic rings. The van der Waals surface area contributed by atoms with Gasteiger partial charge in [-0.3, -0.25) is 0 Å². The molecule has 1 aromatic rings. The van der Waals surface area contributed by atoms with Gasteiger partial charge in [-0.15, -0.1) is 0 Å². The summed E-state index contributed by atoms with van der Waals surface area (Å²) in [6, 6.07) is 0.725. The minimum atomic E-state index is 0.725. The van der Waals surface area contributed by atoms with Crippen LogP contribution in [0.4, 0.5) is 0 Å². The van der Waals surface area contributed by atoms with Crippen molar-refractivity contribution in [3.63, 3.8) is 0 Å². The fourth-order valence-corrected chi connectivity index (χ4v) is 3.46. The molecule has 0 saturated heterocycles. The highest BCUT2D eigenvalue weighted by molar-refractivity contribution is 5.17. The van der Waals surface area contributed by atoms with Gasteiger partial charge in [-0.05, 0) is 18.8 Å². The second-order valence-electron chi connectivity index (χ2n) is 5.57. The van der Waals surface area contributed by atoms with E-state index in [0.717, 1.165) is 31.5 Å². The zero-order chi connectivity index (χ0) is 11.7. The van der Waals surface area contributed by atoms with Crippen molar-refractivity contribution in [1.29, 1.82) is 0 Å². The predicted octanol–water partition coefficient (Wildman–Crippen LogP) is 2.67. The fourth-order valence-electron chi connectivity index (χ4n) is 3.46. The molecule has 1 saturated carbocycles. The van der Waals surface area contributed by atoms with Crippen molar-refractivity contribution in [3.8, 4) is 0 Å². The van der Waals surface area contributed by atoms with Gasteiger partial charge in [0.1, 0.15) is 0 Å². The first kappa shape index (κ1) is 11.3. The van der Waals surface area contributed by atoms with E-state index in [1.54, 1.807) is 0 Å². The lowest BCUT2D eigenvalue weighted by Gasteiger charge is -2.31. The molecule has 1 fully saturated rings. The summed E-state index contributed by atoms with van der Waals surface area (Å²) in [6.45, 7) is 4.41. The number of rotatable bonds is 2. The van der Waals surface area contributed by atoms with E-state index in [2.05, 4.69) is 28.1 Å².